The standard InChI is InChI=1S/C7H19ClN2Si/c1-3-9-7(8,5-6-11)10-4-2/h9-10H,3-6H2,1-2,11H3. The van der Waals surface area contributed by atoms with E-state index in [4.69, 9.17) is 11.6 Å². The molecule has 2 N–H and O–H groups in total. The van der Waals surface area contributed by atoms with Gasteiger partial charge in [-0.1, -0.05) is 31.5 Å². The predicted molar refractivity (Wildman–Crippen MR) is 55.3 cm³/mol. The van der Waals surface area contributed by atoms with Crippen LogP contribution in [0.15, 0.2) is 0 Å². The summed E-state index contributed by atoms with van der Waals surface area (Å²) in [7, 11) is 1.22. The molecule has 0 aromatic rings. The van der Waals surface area contributed by atoms with Crippen molar-refractivity contribution in [2.75, 3.05) is 13.1 Å². The second kappa shape index (κ2) is 6.00. The van der Waals surface area contributed by atoms with Crippen LogP contribution in [0.25, 0.3) is 0 Å². The molecule has 0 spiro atoms. The van der Waals surface area contributed by atoms with Crippen molar-refractivity contribution in [2.24, 2.45) is 0 Å². The van der Waals surface area contributed by atoms with Crippen molar-refractivity contribution in [1.29, 1.82) is 0 Å². The predicted octanol–water partition coefficient (Wildman–Crippen LogP) is 0.272. The van der Waals surface area contributed by atoms with Crippen molar-refractivity contribution in [3.05, 3.63) is 0 Å². The zero-order valence-corrected chi connectivity index (χ0v) is 10.5. The van der Waals surface area contributed by atoms with Crippen LogP contribution in [0.5, 0.6) is 0 Å². The monoisotopic (exact) mass is 194 g/mol. The van der Waals surface area contributed by atoms with Crippen LogP contribution >= 0.6 is 11.6 Å². The summed E-state index contributed by atoms with van der Waals surface area (Å²) in [6.45, 7) is 5.97. The van der Waals surface area contributed by atoms with Crippen LogP contribution in [0.2, 0.25) is 6.04 Å². The van der Waals surface area contributed by atoms with Gasteiger partial charge in [0.15, 0.2) is 0 Å². The van der Waals surface area contributed by atoms with Gasteiger partial charge in [0.2, 0.25) is 0 Å². The van der Waals surface area contributed by atoms with E-state index in [2.05, 4.69) is 24.5 Å². The lowest BCUT2D eigenvalue weighted by Crippen LogP contribution is -2.52. The van der Waals surface area contributed by atoms with Crippen LogP contribution in [0.4, 0.5) is 0 Å². The molecule has 0 unspecified atom stereocenters. The van der Waals surface area contributed by atoms with Gasteiger partial charge >= 0.3 is 0 Å². The molecule has 0 saturated heterocycles. The minimum absolute atomic E-state index is 0.342. The first kappa shape index (κ1) is 11.4. The summed E-state index contributed by atoms with van der Waals surface area (Å²) >= 11 is 6.24. The van der Waals surface area contributed by atoms with Crippen molar-refractivity contribution in [3.8, 4) is 0 Å². The first-order valence-corrected chi connectivity index (χ1v) is 6.16. The summed E-state index contributed by atoms with van der Waals surface area (Å²) in [5.41, 5.74) is 0. The third-order valence-electron chi connectivity index (χ3n) is 1.51. The molecule has 0 aliphatic rings. The molecule has 0 aliphatic carbocycles. The molecule has 0 radical (unpaired) electrons. The number of nitrogens with one attached hydrogen (secondary N) is 2. The van der Waals surface area contributed by atoms with E-state index in [-0.39, 0.29) is 5.12 Å². The maximum atomic E-state index is 6.24. The Hall–Kier alpha value is 0.427. The zero-order valence-electron chi connectivity index (χ0n) is 7.71. The van der Waals surface area contributed by atoms with Crippen LogP contribution in [-0.2, 0) is 0 Å². The van der Waals surface area contributed by atoms with E-state index in [1.165, 1.54) is 16.3 Å². The Balaban J connectivity index is 3.79. The molecule has 4 heteroatoms. The lowest BCUT2D eigenvalue weighted by Gasteiger charge is -2.28. The maximum Gasteiger partial charge on any atom is 0.146 e. The summed E-state index contributed by atoms with van der Waals surface area (Å²) in [5, 5.41) is 6.13. The minimum atomic E-state index is -0.342. The first-order valence-electron chi connectivity index (χ1n) is 4.37. The Kier molecular flexibility index (Phi) is 6.23. The van der Waals surface area contributed by atoms with E-state index in [0.29, 0.717) is 0 Å². The molecule has 0 rings (SSSR count). The van der Waals surface area contributed by atoms with Gasteiger partial charge in [0.25, 0.3) is 0 Å². The lowest BCUT2D eigenvalue weighted by molar-refractivity contribution is 0.377. The maximum absolute atomic E-state index is 6.24. The Morgan fingerprint density at radius 3 is 2.00 bits per heavy atom. The molecule has 0 atom stereocenters. The average Bonchev–Trinajstić information content (AvgIpc) is 1.88. The van der Waals surface area contributed by atoms with Crippen molar-refractivity contribution >= 4 is 21.8 Å². The molecule has 0 heterocycles. The van der Waals surface area contributed by atoms with Crippen LogP contribution in [0.1, 0.15) is 20.3 Å². The summed E-state index contributed by atoms with van der Waals surface area (Å²) in [6.07, 6.45) is 1.02. The van der Waals surface area contributed by atoms with Gasteiger partial charge in [-0.3, -0.25) is 10.6 Å². The first-order chi connectivity index (χ1) is 5.18. The fourth-order valence-electron chi connectivity index (χ4n) is 1.14. The molecule has 0 aromatic heterocycles. The molecule has 0 aliphatic heterocycles. The number of alkyl halides is 1. The average molecular weight is 195 g/mol. The molecule has 0 fully saturated rings. The van der Waals surface area contributed by atoms with Gasteiger partial charge in [-0.05, 0) is 19.5 Å². The largest absolute Gasteiger partial charge is 0.287 e. The van der Waals surface area contributed by atoms with Crippen molar-refractivity contribution in [2.45, 2.75) is 31.4 Å². The highest BCUT2D eigenvalue weighted by Gasteiger charge is 2.22. The highest BCUT2D eigenvalue weighted by atomic mass is 35.5. The van der Waals surface area contributed by atoms with E-state index in [1.807, 2.05) is 0 Å². The van der Waals surface area contributed by atoms with Gasteiger partial charge < -0.3 is 0 Å². The molecule has 11 heavy (non-hydrogen) atoms. The van der Waals surface area contributed by atoms with Gasteiger partial charge in [0.05, 0.1) is 0 Å². The highest BCUT2D eigenvalue weighted by molar-refractivity contribution is 6.23. The molecule has 0 aromatic carbocycles. The Morgan fingerprint density at radius 1 is 1.27 bits per heavy atom. The van der Waals surface area contributed by atoms with E-state index in [9.17, 15) is 0 Å². The van der Waals surface area contributed by atoms with Gasteiger partial charge in [-0.2, -0.15) is 0 Å². The van der Waals surface area contributed by atoms with E-state index in [0.717, 1.165) is 19.5 Å². The molecule has 0 bridgehead atoms. The molecular formula is C7H19ClN2Si. The third kappa shape index (κ3) is 4.79. The van der Waals surface area contributed by atoms with Crippen LogP contribution in [-0.4, -0.2) is 28.5 Å². The molecule has 0 amide bonds. The summed E-state index contributed by atoms with van der Waals surface area (Å²) in [4.78, 5) is 0. The molecule has 68 valence electrons. The Morgan fingerprint density at radius 2 is 1.73 bits per heavy atom. The van der Waals surface area contributed by atoms with E-state index >= 15 is 0 Å². The summed E-state index contributed by atoms with van der Waals surface area (Å²) in [6, 6.07) is 1.23. The second-order valence-electron chi connectivity index (χ2n) is 2.61. The van der Waals surface area contributed by atoms with Crippen molar-refractivity contribution in [3.63, 3.8) is 0 Å². The quantitative estimate of drug-likeness (QED) is 0.275. The van der Waals surface area contributed by atoms with Gasteiger partial charge in [0.1, 0.15) is 5.12 Å². The smallest absolute Gasteiger partial charge is 0.146 e. The topological polar surface area (TPSA) is 24.1 Å². The van der Waals surface area contributed by atoms with Crippen molar-refractivity contribution in [1.82, 2.24) is 10.6 Å². The van der Waals surface area contributed by atoms with Crippen LogP contribution < -0.4 is 10.6 Å². The Labute approximate surface area is 77.5 Å². The molecule has 0 saturated carbocycles. The molecule has 2 nitrogen and oxygen atoms in total. The summed E-state index contributed by atoms with van der Waals surface area (Å²) < 4.78 is 0. The zero-order chi connectivity index (χ0) is 8.74. The van der Waals surface area contributed by atoms with Gasteiger partial charge in [0, 0.05) is 10.2 Å². The van der Waals surface area contributed by atoms with Gasteiger partial charge in [-0.15, -0.1) is 0 Å². The number of rotatable bonds is 6. The SMILES string of the molecule is CCNC(Cl)(CC[SiH3])NCC. The number of hydrogen-bond donors (Lipinski definition) is 2. The highest BCUT2D eigenvalue weighted by Crippen LogP contribution is 2.13. The second-order valence-corrected chi connectivity index (χ2v) is 4.26. The van der Waals surface area contributed by atoms with Crippen LogP contribution in [0.3, 0.4) is 0 Å². The van der Waals surface area contributed by atoms with Crippen molar-refractivity contribution < 1.29 is 0 Å². The van der Waals surface area contributed by atoms with Gasteiger partial charge in [-0.25, -0.2) is 0 Å². The number of hydrogen-bond acceptors (Lipinski definition) is 2. The van der Waals surface area contributed by atoms with Crippen LogP contribution in [0, 0.1) is 0 Å². The fourth-order valence-corrected chi connectivity index (χ4v) is 2.67. The van der Waals surface area contributed by atoms with E-state index in [1.54, 1.807) is 0 Å². The fraction of sp³-hybridized carbons (Fsp3) is 1.00. The summed E-state index contributed by atoms with van der Waals surface area (Å²) in [5.74, 6) is 0. The molecular weight excluding hydrogens is 176 g/mol. The third-order valence-corrected chi connectivity index (χ3v) is 2.46. The Bertz CT molecular complexity index is 83.4. The normalized spacial score (nSPS) is 12.3. The number of halogens is 1. The lowest BCUT2D eigenvalue weighted by atomic mass is 10.3. The minimum Gasteiger partial charge on any atom is -0.287 e. The van der Waals surface area contributed by atoms with E-state index < -0.39 is 0 Å².